The predicted octanol–water partition coefficient (Wildman–Crippen LogP) is 7.81. The van der Waals surface area contributed by atoms with Gasteiger partial charge in [-0.2, -0.15) is 13.2 Å². The first-order valence-corrected chi connectivity index (χ1v) is 14.1. The standard InChI is InChI=1S/C32H33ClF3N5O2/c1-5-23-18-21(13-15-37-23)25-8-6-14-38-31(25)43-24-10-11-27(33)28(20-24)39-30(42)26-19-22(32(34,35)36)9-12-29(26)41(4)17-7-16-40(2)3/h6,8-15,18-20H,5,7,16-17H2,1-4H3,(H,39,42). The second-order valence-electron chi connectivity index (χ2n) is 10.3. The Hall–Kier alpha value is -4.15. The van der Waals surface area contributed by atoms with Gasteiger partial charge in [-0.1, -0.05) is 18.5 Å². The summed E-state index contributed by atoms with van der Waals surface area (Å²) < 4.78 is 46.9. The third kappa shape index (κ3) is 8.24. The molecule has 43 heavy (non-hydrogen) atoms. The highest BCUT2D eigenvalue weighted by molar-refractivity contribution is 6.34. The van der Waals surface area contributed by atoms with Crippen molar-refractivity contribution in [3.05, 3.63) is 94.9 Å². The molecule has 0 aliphatic heterocycles. The van der Waals surface area contributed by atoms with Crippen molar-refractivity contribution in [3.8, 4) is 22.8 Å². The molecule has 0 aliphatic rings. The maximum absolute atomic E-state index is 13.6. The molecule has 0 bridgehead atoms. The number of carbonyl (C=O) groups is 1. The number of rotatable bonds is 11. The summed E-state index contributed by atoms with van der Waals surface area (Å²) in [7, 11) is 5.62. The van der Waals surface area contributed by atoms with Crippen molar-refractivity contribution in [3.63, 3.8) is 0 Å². The molecule has 2 aromatic carbocycles. The Morgan fingerprint density at radius 2 is 1.77 bits per heavy atom. The number of nitrogens with zero attached hydrogens (tertiary/aromatic N) is 4. The van der Waals surface area contributed by atoms with Crippen LogP contribution in [0.1, 0.15) is 35.0 Å². The van der Waals surface area contributed by atoms with Crippen LogP contribution in [-0.4, -0.2) is 55.0 Å². The van der Waals surface area contributed by atoms with E-state index in [0.717, 1.165) is 48.3 Å². The first-order valence-electron chi connectivity index (χ1n) is 13.7. The third-order valence-corrected chi connectivity index (χ3v) is 7.07. The van der Waals surface area contributed by atoms with Crippen LogP contribution in [0, 0.1) is 0 Å². The number of alkyl halides is 3. The largest absolute Gasteiger partial charge is 0.438 e. The van der Waals surface area contributed by atoms with Gasteiger partial charge in [0.25, 0.3) is 5.91 Å². The summed E-state index contributed by atoms with van der Waals surface area (Å²) in [5.74, 6) is -0.0774. The van der Waals surface area contributed by atoms with Gasteiger partial charge in [0.05, 0.1) is 21.8 Å². The van der Waals surface area contributed by atoms with Gasteiger partial charge in [0.15, 0.2) is 0 Å². The molecule has 1 N–H and O–H groups in total. The number of aryl methyl sites for hydroxylation is 1. The molecule has 11 heteroatoms. The van der Waals surface area contributed by atoms with Crippen LogP contribution in [0.15, 0.2) is 73.1 Å². The molecular formula is C32H33ClF3N5O2. The highest BCUT2D eigenvalue weighted by atomic mass is 35.5. The van der Waals surface area contributed by atoms with Crippen molar-refractivity contribution >= 4 is 28.9 Å². The summed E-state index contributed by atoms with van der Waals surface area (Å²) in [4.78, 5) is 26.0. The van der Waals surface area contributed by atoms with Crippen LogP contribution < -0.4 is 15.0 Å². The van der Waals surface area contributed by atoms with Crippen LogP contribution in [0.4, 0.5) is 24.5 Å². The van der Waals surface area contributed by atoms with E-state index in [9.17, 15) is 18.0 Å². The minimum atomic E-state index is -4.62. The topological polar surface area (TPSA) is 70.6 Å². The van der Waals surface area contributed by atoms with Crippen molar-refractivity contribution in [2.75, 3.05) is 44.4 Å². The minimum absolute atomic E-state index is 0.124. The second kappa shape index (κ2) is 13.9. The van der Waals surface area contributed by atoms with E-state index >= 15 is 0 Å². The maximum atomic E-state index is 13.6. The van der Waals surface area contributed by atoms with Crippen molar-refractivity contribution in [2.45, 2.75) is 25.9 Å². The number of hydrogen-bond acceptors (Lipinski definition) is 6. The van der Waals surface area contributed by atoms with Crippen molar-refractivity contribution in [1.29, 1.82) is 0 Å². The molecule has 2 heterocycles. The van der Waals surface area contributed by atoms with Crippen LogP contribution >= 0.6 is 11.6 Å². The van der Waals surface area contributed by atoms with Gasteiger partial charge in [-0.15, -0.1) is 0 Å². The molecule has 0 radical (unpaired) electrons. The number of amides is 1. The molecule has 0 spiro atoms. The van der Waals surface area contributed by atoms with Crippen LogP contribution in [0.3, 0.4) is 0 Å². The summed E-state index contributed by atoms with van der Waals surface area (Å²) in [5.41, 5.74) is 2.04. The van der Waals surface area contributed by atoms with Crippen molar-refractivity contribution in [1.82, 2.24) is 14.9 Å². The van der Waals surface area contributed by atoms with Gasteiger partial charge >= 0.3 is 6.18 Å². The molecule has 7 nitrogen and oxygen atoms in total. The lowest BCUT2D eigenvalue weighted by Gasteiger charge is -2.24. The van der Waals surface area contributed by atoms with Crippen molar-refractivity contribution in [2.24, 2.45) is 0 Å². The molecule has 226 valence electrons. The Morgan fingerprint density at radius 1 is 0.977 bits per heavy atom. The highest BCUT2D eigenvalue weighted by Gasteiger charge is 2.32. The molecule has 0 aliphatic carbocycles. The molecule has 4 rings (SSSR count). The fourth-order valence-corrected chi connectivity index (χ4v) is 4.63. The van der Waals surface area contributed by atoms with E-state index in [0.29, 0.717) is 23.9 Å². The van der Waals surface area contributed by atoms with E-state index in [4.69, 9.17) is 16.3 Å². The summed E-state index contributed by atoms with van der Waals surface area (Å²) in [6, 6.07) is 15.3. The normalized spacial score (nSPS) is 11.5. The van der Waals surface area contributed by atoms with Crippen LogP contribution in [0.25, 0.3) is 11.1 Å². The number of nitrogens with one attached hydrogen (secondary N) is 1. The minimum Gasteiger partial charge on any atom is -0.438 e. The molecule has 0 atom stereocenters. The first kappa shape index (κ1) is 31.8. The van der Waals surface area contributed by atoms with E-state index in [1.54, 1.807) is 36.5 Å². The number of pyridine rings is 2. The zero-order valence-electron chi connectivity index (χ0n) is 24.4. The summed E-state index contributed by atoms with van der Waals surface area (Å²) >= 11 is 6.41. The molecule has 0 unspecified atom stereocenters. The lowest BCUT2D eigenvalue weighted by atomic mass is 10.1. The maximum Gasteiger partial charge on any atom is 0.416 e. The van der Waals surface area contributed by atoms with Crippen LogP contribution in [-0.2, 0) is 12.6 Å². The molecule has 0 saturated heterocycles. The number of benzene rings is 2. The van der Waals surface area contributed by atoms with Gasteiger partial charge in [-0.05, 0) is 93.6 Å². The molecule has 4 aromatic rings. The lowest BCUT2D eigenvalue weighted by Crippen LogP contribution is -2.26. The van der Waals surface area contributed by atoms with Gasteiger partial charge in [0.1, 0.15) is 5.75 Å². The number of hydrogen-bond donors (Lipinski definition) is 1. The average molecular weight is 612 g/mol. The summed E-state index contributed by atoms with van der Waals surface area (Å²) in [6.45, 7) is 3.34. The Balaban J connectivity index is 1.62. The van der Waals surface area contributed by atoms with Gasteiger partial charge in [-0.25, -0.2) is 4.98 Å². The van der Waals surface area contributed by atoms with E-state index in [1.807, 2.05) is 44.1 Å². The number of anilines is 2. The first-order chi connectivity index (χ1) is 20.5. The van der Waals surface area contributed by atoms with E-state index in [1.165, 1.54) is 18.2 Å². The number of halogens is 4. The van der Waals surface area contributed by atoms with Gasteiger partial charge in [-0.3, -0.25) is 9.78 Å². The molecule has 1 amide bonds. The zero-order chi connectivity index (χ0) is 31.1. The summed E-state index contributed by atoms with van der Waals surface area (Å²) in [6.07, 6.45) is 0.233. The smallest absolute Gasteiger partial charge is 0.416 e. The Bertz CT molecular complexity index is 1580. The number of aromatic nitrogens is 2. The fourth-order valence-electron chi connectivity index (χ4n) is 4.47. The predicted molar refractivity (Wildman–Crippen MR) is 164 cm³/mol. The molecule has 2 aromatic heterocycles. The highest BCUT2D eigenvalue weighted by Crippen LogP contribution is 2.36. The van der Waals surface area contributed by atoms with Crippen LogP contribution in [0.2, 0.25) is 5.02 Å². The Labute approximate surface area is 254 Å². The SMILES string of the molecule is CCc1cc(-c2cccnc2Oc2ccc(Cl)c(NC(=O)c3cc(C(F)(F)F)ccc3N(C)CCCN(C)C)c2)ccn1. The quantitative estimate of drug-likeness (QED) is 0.187. The average Bonchev–Trinajstić information content (AvgIpc) is 2.98. The van der Waals surface area contributed by atoms with E-state index in [-0.39, 0.29) is 16.3 Å². The molecule has 0 saturated carbocycles. The van der Waals surface area contributed by atoms with Crippen molar-refractivity contribution < 1.29 is 22.7 Å². The van der Waals surface area contributed by atoms with Gasteiger partial charge < -0.3 is 19.9 Å². The third-order valence-electron chi connectivity index (χ3n) is 6.74. The van der Waals surface area contributed by atoms with E-state index < -0.39 is 17.6 Å². The second-order valence-corrected chi connectivity index (χ2v) is 10.7. The number of carbonyl (C=O) groups excluding carboxylic acids is 1. The number of ether oxygens (including phenoxy) is 1. The summed E-state index contributed by atoms with van der Waals surface area (Å²) in [5, 5.41) is 2.87. The zero-order valence-corrected chi connectivity index (χ0v) is 25.1. The van der Waals surface area contributed by atoms with Crippen LogP contribution in [0.5, 0.6) is 11.6 Å². The van der Waals surface area contributed by atoms with Gasteiger partial charge in [0.2, 0.25) is 5.88 Å². The Morgan fingerprint density at radius 3 is 2.49 bits per heavy atom. The van der Waals surface area contributed by atoms with Gasteiger partial charge in [0, 0.05) is 49.0 Å². The molecule has 0 fully saturated rings. The fraction of sp³-hybridized carbons (Fsp3) is 0.281. The lowest BCUT2D eigenvalue weighted by molar-refractivity contribution is -0.137. The van der Waals surface area contributed by atoms with E-state index in [2.05, 4.69) is 15.3 Å². The monoisotopic (exact) mass is 611 g/mol. The molecular weight excluding hydrogens is 579 g/mol. The Kier molecular flexibility index (Phi) is 10.3.